The van der Waals surface area contributed by atoms with Crippen LogP contribution >= 0.6 is 0 Å². The number of likely N-dealkylation sites (tertiary alicyclic amines) is 1. The highest BCUT2D eigenvalue weighted by Crippen LogP contribution is 2.28. The van der Waals surface area contributed by atoms with Gasteiger partial charge in [0.1, 0.15) is 5.82 Å². The molecule has 0 atom stereocenters. The average Bonchev–Trinajstić information content (AvgIpc) is 2.89. The van der Waals surface area contributed by atoms with E-state index in [9.17, 15) is 4.39 Å². The minimum atomic E-state index is -0.441. The molecule has 2 heterocycles. The fourth-order valence-corrected chi connectivity index (χ4v) is 2.48. The summed E-state index contributed by atoms with van der Waals surface area (Å²) in [4.78, 5) is 6.62. The van der Waals surface area contributed by atoms with Crippen molar-refractivity contribution in [1.82, 2.24) is 15.0 Å². The van der Waals surface area contributed by atoms with E-state index in [1.807, 2.05) is 0 Å². The molecule has 1 aromatic carbocycles. The van der Waals surface area contributed by atoms with Crippen molar-refractivity contribution >= 4 is 5.69 Å². The fourth-order valence-electron chi connectivity index (χ4n) is 2.48. The number of benzene rings is 1. The zero-order valence-electron chi connectivity index (χ0n) is 11.3. The smallest absolute Gasteiger partial charge is 0.260 e. The summed E-state index contributed by atoms with van der Waals surface area (Å²) >= 11 is 0. The molecule has 1 aliphatic heterocycles. The van der Waals surface area contributed by atoms with Gasteiger partial charge in [0.15, 0.2) is 5.82 Å². The molecular weight excluding hydrogens is 259 g/mol. The number of aromatic nitrogens is 2. The first-order valence-corrected chi connectivity index (χ1v) is 6.71. The van der Waals surface area contributed by atoms with Crippen LogP contribution in [-0.2, 0) is 0 Å². The van der Waals surface area contributed by atoms with E-state index >= 15 is 0 Å². The van der Waals surface area contributed by atoms with Crippen molar-refractivity contribution in [2.45, 2.75) is 18.8 Å². The summed E-state index contributed by atoms with van der Waals surface area (Å²) in [5.41, 5.74) is 6.20. The van der Waals surface area contributed by atoms with E-state index in [1.165, 1.54) is 6.07 Å². The number of halogens is 1. The van der Waals surface area contributed by atoms with Crippen LogP contribution in [0.2, 0.25) is 0 Å². The van der Waals surface area contributed by atoms with Gasteiger partial charge in [-0.05, 0) is 51.2 Å². The maximum atomic E-state index is 13.8. The van der Waals surface area contributed by atoms with Crippen molar-refractivity contribution in [3.05, 3.63) is 29.8 Å². The summed E-state index contributed by atoms with van der Waals surface area (Å²) in [5.74, 6) is 0.741. The van der Waals surface area contributed by atoms with Gasteiger partial charge in [0.05, 0.1) is 5.56 Å². The molecule has 6 heteroatoms. The lowest BCUT2D eigenvalue weighted by Gasteiger charge is -2.26. The molecule has 1 saturated heterocycles. The molecule has 106 valence electrons. The summed E-state index contributed by atoms with van der Waals surface area (Å²) in [7, 11) is 2.10. The van der Waals surface area contributed by atoms with Crippen LogP contribution in [0.4, 0.5) is 10.1 Å². The van der Waals surface area contributed by atoms with Gasteiger partial charge in [-0.3, -0.25) is 0 Å². The van der Waals surface area contributed by atoms with Crippen molar-refractivity contribution in [2.24, 2.45) is 0 Å². The van der Waals surface area contributed by atoms with E-state index < -0.39 is 5.82 Å². The number of nitrogen functional groups attached to an aromatic ring is 1. The maximum absolute atomic E-state index is 13.8. The second-order valence-corrected chi connectivity index (χ2v) is 5.27. The minimum absolute atomic E-state index is 0.219. The monoisotopic (exact) mass is 276 g/mol. The van der Waals surface area contributed by atoms with Crippen LogP contribution in [0.1, 0.15) is 24.6 Å². The Morgan fingerprint density at radius 1 is 1.35 bits per heavy atom. The third-order valence-electron chi connectivity index (χ3n) is 3.75. The summed E-state index contributed by atoms with van der Waals surface area (Å²) in [6.07, 6.45) is 2.00. The molecule has 0 amide bonds. The predicted molar refractivity (Wildman–Crippen MR) is 73.6 cm³/mol. The molecule has 0 saturated carbocycles. The molecule has 20 heavy (non-hydrogen) atoms. The average molecular weight is 276 g/mol. The molecule has 0 unspecified atom stereocenters. The molecule has 3 rings (SSSR count). The van der Waals surface area contributed by atoms with Gasteiger partial charge >= 0.3 is 0 Å². The van der Waals surface area contributed by atoms with Crippen molar-refractivity contribution in [3.63, 3.8) is 0 Å². The first-order valence-electron chi connectivity index (χ1n) is 6.71. The van der Waals surface area contributed by atoms with Crippen molar-refractivity contribution in [1.29, 1.82) is 0 Å². The van der Waals surface area contributed by atoms with Gasteiger partial charge in [-0.15, -0.1) is 0 Å². The highest BCUT2D eigenvalue weighted by atomic mass is 19.1. The molecule has 0 bridgehead atoms. The van der Waals surface area contributed by atoms with E-state index in [2.05, 4.69) is 22.1 Å². The van der Waals surface area contributed by atoms with Gasteiger partial charge in [0.2, 0.25) is 0 Å². The van der Waals surface area contributed by atoms with Gasteiger partial charge in [-0.25, -0.2) is 4.39 Å². The normalized spacial score (nSPS) is 17.5. The van der Waals surface area contributed by atoms with Crippen LogP contribution in [0.15, 0.2) is 22.7 Å². The zero-order valence-corrected chi connectivity index (χ0v) is 11.3. The SMILES string of the molecule is CN1CCC(c2noc(-c3ccc(N)cc3F)n2)CC1. The molecule has 1 aromatic heterocycles. The van der Waals surface area contributed by atoms with Crippen molar-refractivity contribution < 1.29 is 8.91 Å². The van der Waals surface area contributed by atoms with Crippen LogP contribution < -0.4 is 5.73 Å². The topological polar surface area (TPSA) is 68.2 Å². The van der Waals surface area contributed by atoms with E-state index in [0.717, 1.165) is 25.9 Å². The molecule has 1 aliphatic rings. The largest absolute Gasteiger partial charge is 0.399 e. The highest BCUT2D eigenvalue weighted by molar-refractivity contribution is 5.58. The number of rotatable bonds is 2. The zero-order chi connectivity index (χ0) is 14.1. The number of nitrogens with zero attached hydrogens (tertiary/aromatic N) is 3. The van der Waals surface area contributed by atoms with Gasteiger partial charge in [0.25, 0.3) is 5.89 Å². The molecule has 0 spiro atoms. The number of piperidine rings is 1. The van der Waals surface area contributed by atoms with Gasteiger partial charge in [-0.1, -0.05) is 5.16 Å². The Kier molecular flexibility index (Phi) is 3.40. The van der Waals surface area contributed by atoms with Crippen LogP contribution in [-0.4, -0.2) is 35.2 Å². The second-order valence-electron chi connectivity index (χ2n) is 5.27. The number of hydrogen-bond donors (Lipinski definition) is 1. The van der Waals surface area contributed by atoms with Gasteiger partial charge < -0.3 is 15.2 Å². The Morgan fingerprint density at radius 3 is 2.80 bits per heavy atom. The van der Waals surface area contributed by atoms with E-state index in [1.54, 1.807) is 12.1 Å². The van der Waals surface area contributed by atoms with Gasteiger partial charge in [-0.2, -0.15) is 4.98 Å². The molecule has 1 fully saturated rings. The first-order chi connectivity index (χ1) is 9.63. The lowest BCUT2D eigenvalue weighted by molar-refractivity contribution is 0.248. The third-order valence-corrected chi connectivity index (χ3v) is 3.75. The Hall–Kier alpha value is -1.95. The number of nitrogens with two attached hydrogens (primary N) is 1. The number of anilines is 1. The first kappa shape index (κ1) is 13.1. The van der Waals surface area contributed by atoms with Gasteiger partial charge in [0, 0.05) is 11.6 Å². The summed E-state index contributed by atoms with van der Waals surface area (Å²) in [6.45, 7) is 2.04. The van der Waals surface area contributed by atoms with Crippen LogP contribution in [0.25, 0.3) is 11.5 Å². The Labute approximate surface area is 116 Å². The van der Waals surface area contributed by atoms with Crippen LogP contribution in [0, 0.1) is 5.82 Å². The molecule has 2 N–H and O–H groups in total. The standard InChI is InChI=1S/C14H17FN4O/c1-19-6-4-9(5-7-19)13-17-14(20-18-13)11-3-2-10(16)8-12(11)15/h2-3,8-9H,4-7,16H2,1H3. The van der Waals surface area contributed by atoms with Crippen LogP contribution in [0.5, 0.6) is 0 Å². The minimum Gasteiger partial charge on any atom is -0.399 e. The fraction of sp³-hybridized carbons (Fsp3) is 0.429. The van der Waals surface area contributed by atoms with E-state index in [0.29, 0.717) is 23.0 Å². The maximum Gasteiger partial charge on any atom is 0.260 e. The molecule has 0 aliphatic carbocycles. The quantitative estimate of drug-likeness (QED) is 0.852. The summed E-state index contributed by atoms with van der Waals surface area (Å²) < 4.78 is 19.0. The highest BCUT2D eigenvalue weighted by Gasteiger charge is 2.24. The molecule has 2 aromatic rings. The molecular formula is C14H17FN4O. The Balaban J connectivity index is 1.83. The Morgan fingerprint density at radius 2 is 2.10 bits per heavy atom. The van der Waals surface area contributed by atoms with E-state index in [4.69, 9.17) is 10.3 Å². The molecule has 0 radical (unpaired) electrons. The van der Waals surface area contributed by atoms with Crippen molar-refractivity contribution in [2.75, 3.05) is 25.9 Å². The lowest BCUT2D eigenvalue weighted by atomic mass is 9.96. The third kappa shape index (κ3) is 2.51. The second kappa shape index (κ2) is 5.20. The summed E-state index contributed by atoms with van der Waals surface area (Å²) in [5, 5.41) is 4.00. The lowest BCUT2D eigenvalue weighted by Crippen LogP contribution is -2.29. The predicted octanol–water partition coefficient (Wildman–Crippen LogP) is 2.27. The molecule has 5 nitrogen and oxygen atoms in total. The van der Waals surface area contributed by atoms with Crippen LogP contribution in [0.3, 0.4) is 0 Å². The number of hydrogen-bond acceptors (Lipinski definition) is 5. The Bertz CT molecular complexity index is 605. The van der Waals surface area contributed by atoms with Crippen molar-refractivity contribution in [3.8, 4) is 11.5 Å². The van der Waals surface area contributed by atoms with E-state index in [-0.39, 0.29) is 5.89 Å². The summed E-state index contributed by atoms with van der Waals surface area (Å²) in [6, 6.07) is 4.45.